The third kappa shape index (κ3) is 3.50. The third-order valence-electron chi connectivity index (χ3n) is 4.55. The minimum Gasteiger partial charge on any atom is -0.367 e. The molecular weight excluding hydrogens is 373 g/mol. The van der Waals surface area contributed by atoms with E-state index in [1.807, 2.05) is 17.2 Å². The van der Waals surface area contributed by atoms with Crippen LogP contribution >= 0.6 is 15.9 Å². The number of hydrogen-bond donors (Lipinski definition) is 1. The molecule has 0 radical (unpaired) electrons. The Bertz CT molecular complexity index is 729. The third-order valence-corrected chi connectivity index (χ3v) is 4.99. The van der Waals surface area contributed by atoms with Crippen LogP contribution in [-0.4, -0.2) is 34.1 Å². The second-order valence-electron chi connectivity index (χ2n) is 6.44. The zero-order valence-corrected chi connectivity index (χ0v) is 14.8. The molecule has 2 aromatic heterocycles. The summed E-state index contributed by atoms with van der Waals surface area (Å²) in [7, 11) is 0. The van der Waals surface area contributed by atoms with Gasteiger partial charge in [0, 0.05) is 41.9 Å². The highest BCUT2D eigenvalue weighted by Crippen LogP contribution is 2.38. The van der Waals surface area contributed by atoms with E-state index >= 15 is 0 Å². The van der Waals surface area contributed by atoms with Crippen LogP contribution in [0.4, 0.5) is 16.0 Å². The number of halogens is 2. The monoisotopic (exact) mass is 391 g/mol. The topological polar surface area (TPSA) is 53.9 Å². The Morgan fingerprint density at radius 2 is 1.96 bits per heavy atom. The van der Waals surface area contributed by atoms with Gasteiger partial charge in [0.05, 0.1) is 0 Å². The number of piperidine rings is 1. The van der Waals surface area contributed by atoms with E-state index in [4.69, 9.17) is 0 Å². The summed E-state index contributed by atoms with van der Waals surface area (Å²) in [6, 6.07) is 3.74. The molecule has 2 fully saturated rings. The first-order valence-electron chi connectivity index (χ1n) is 8.34. The summed E-state index contributed by atoms with van der Waals surface area (Å²) in [6.45, 7) is 1.56. The molecule has 2 aliphatic rings. The summed E-state index contributed by atoms with van der Waals surface area (Å²) in [6.07, 6.45) is 7.74. The molecule has 1 aliphatic carbocycles. The van der Waals surface area contributed by atoms with E-state index in [-0.39, 0.29) is 5.82 Å². The number of aromatic nitrogens is 3. The average molecular weight is 392 g/mol. The zero-order chi connectivity index (χ0) is 16.5. The number of hydrogen-bond acceptors (Lipinski definition) is 5. The summed E-state index contributed by atoms with van der Waals surface area (Å²) >= 11 is 3.24. The lowest BCUT2D eigenvalue weighted by Gasteiger charge is -2.33. The Morgan fingerprint density at radius 1 is 1.17 bits per heavy atom. The predicted octanol–water partition coefficient (Wildman–Crippen LogP) is 3.73. The van der Waals surface area contributed by atoms with E-state index in [1.165, 1.54) is 18.9 Å². The minimum atomic E-state index is -0.277. The van der Waals surface area contributed by atoms with Gasteiger partial charge in [-0.25, -0.2) is 19.3 Å². The van der Waals surface area contributed by atoms with Crippen molar-refractivity contribution in [1.29, 1.82) is 0 Å². The molecule has 0 amide bonds. The highest BCUT2D eigenvalue weighted by Gasteiger charge is 2.27. The molecule has 1 saturated heterocycles. The second-order valence-corrected chi connectivity index (χ2v) is 7.35. The van der Waals surface area contributed by atoms with Crippen LogP contribution in [0.3, 0.4) is 0 Å². The molecule has 0 bridgehead atoms. The zero-order valence-electron chi connectivity index (χ0n) is 13.3. The van der Waals surface area contributed by atoms with Gasteiger partial charge in [0.1, 0.15) is 11.6 Å². The minimum absolute atomic E-state index is 0.277. The average Bonchev–Trinajstić information content (AvgIpc) is 3.41. The molecule has 4 rings (SSSR count). The fourth-order valence-corrected chi connectivity index (χ4v) is 3.38. The second kappa shape index (κ2) is 6.63. The lowest BCUT2D eigenvalue weighted by Crippen LogP contribution is -2.40. The molecule has 2 aromatic rings. The van der Waals surface area contributed by atoms with E-state index in [9.17, 15) is 4.39 Å². The van der Waals surface area contributed by atoms with Crippen molar-refractivity contribution >= 4 is 27.6 Å². The standard InChI is InChI=1S/C17H19BrFN5/c18-12-9-14(19)17(21-10-12)24-7-4-13(5-8-24)22-15-3-6-20-16(23-15)11-1-2-11/h3,6,9-11,13H,1-2,4-5,7-8H2,(H,20,22,23). The van der Waals surface area contributed by atoms with Gasteiger partial charge in [-0.3, -0.25) is 0 Å². The first-order valence-corrected chi connectivity index (χ1v) is 9.14. The molecule has 126 valence electrons. The Hall–Kier alpha value is -1.76. The van der Waals surface area contributed by atoms with Gasteiger partial charge in [-0.05, 0) is 53.7 Å². The lowest BCUT2D eigenvalue weighted by molar-refractivity contribution is 0.510. The van der Waals surface area contributed by atoms with Crippen molar-refractivity contribution in [3.8, 4) is 0 Å². The van der Waals surface area contributed by atoms with Gasteiger partial charge in [0.25, 0.3) is 0 Å². The van der Waals surface area contributed by atoms with Crippen molar-refractivity contribution in [1.82, 2.24) is 15.0 Å². The molecule has 7 heteroatoms. The summed E-state index contributed by atoms with van der Waals surface area (Å²) in [5.74, 6) is 2.58. The van der Waals surface area contributed by atoms with Gasteiger partial charge < -0.3 is 10.2 Å². The van der Waals surface area contributed by atoms with Gasteiger partial charge in [-0.15, -0.1) is 0 Å². The van der Waals surface area contributed by atoms with Crippen LogP contribution < -0.4 is 10.2 Å². The largest absolute Gasteiger partial charge is 0.367 e. The van der Waals surface area contributed by atoms with E-state index < -0.39 is 0 Å². The van der Waals surface area contributed by atoms with E-state index in [0.29, 0.717) is 22.3 Å². The van der Waals surface area contributed by atoms with E-state index in [0.717, 1.165) is 37.6 Å². The van der Waals surface area contributed by atoms with Crippen LogP contribution in [0.15, 0.2) is 29.0 Å². The maximum Gasteiger partial charge on any atom is 0.166 e. The Kier molecular flexibility index (Phi) is 4.35. The molecular formula is C17H19BrFN5. The summed E-state index contributed by atoms with van der Waals surface area (Å²) in [4.78, 5) is 15.2. The van der Waals surface area contributed by atoms with E-state index in [2.05, 4.69) is 36.2 Å². The number of anilines is 2. The van der Waals surface area contributed by atoms with Gasteiger partial charge in [-0.1, -0.05) is 0 Å². The van der Waals surface area contributed by atoms with Crippen LogP contribution in [0, 0.1) is 5.82 Å². The number of pyridine rings is 1. The van der Waals surface area contributed by atoms with Gasteiger partial charge in [0.2, 0.25) is 0 Å². The van der Waals surface area contributed by atoms with Gasteiger partial charge in [-0.2, -0.15) is 0 Å². The first kappa shape index (κ1) is 15.7. The highest BCUT2D eigenvalue weighted by atomic mass is 79.9. The normalized spacial score (nSPS) is 18.7. The molecule has 0 aromatic carbocycles. The van der Waals surface area contributed by atoms with Crippen molar-refractivity contribution < 1.29 is 4.39 Å². The van der Waals surface area contributed by atoms with Crippen molar-refractivity contribution in [3.05, 3.63) is 40.6 Å². The van der Waals surface area contributed by atoms with Gasteiger partial charge >= 0.3 is 0 Å². The number of nitrogens with one attached hydrogen (secondary N) is 1. The summed E-state index contributed by atoms with van der Waals surface area (Å²) in [5, 5.41) is 3.50. The number of nitrogens with zero attached hydrogens (tertiary/aromatic N) is 4. The van der Waals surface area contributed by atoms with E-state index in [1.54, 1.807) is 6.20 Å². The predicted molar refractivity (Wildman–Crippen MR) is 94.8 cm³/mol. The molecule has 0 unspecified atom stereocenters. The van der Waals surface area contributed by atoms with Crippen molar-refractivity contribution in [2.75, 3.05) is 23.3 Å². The molecule has 0 spiro atoms. The van der Waals surface area contributed by atoms with Crippen LogP contribution in [0.2, 0.25) is 0 Å². The molecule has 1 N–H and O–H groups in total. The maximum atomic E-state index is 14.0. The molecule has 3 heterocycles. The Morgan fingerprint density at radius 3 is 2.67 bits per heavy atom. The Balaban J connectivity index is 1.36. The molecule has 5 nitrogen and oxygen atoms in total. The van der Waals surface area contributed by atoms with Crippen molar-refractivity contribution in [3.63, 3.8) is 0 Å². The molecule has 1 aliphatic heterocycles. The van der Waals surface area contributed by atoms with Crippen molar-refractivity contribution in [2.45, 2.75) is 37.6 Å². The van der Waals surface area contributed by atoms with Crippen molar-refractivity contribution in [2.24, 2.45) is 0 Å². The fourth-order valence-electron chi connectivity index (χ4n) is 3.08. The molecule has 24 heavy (non-hydrogen) atoms. The number of rotatable bonds is 4. The SMILES string of the molecule is Fc1cc(Br)cnc1N1CCC(Nc2ccnc(C3CC3)n2)CC1. The lowest BCUT2D eigenvalue weighted by atomic mass is 10.0. The molecule has 0 atom stereocenters. The summed E-state index contributed by atoms with van der Waals surface area (Å²) in [5.41, 5.74) is 0. The fraction of sp³-hybridized carbons (Fsp3) is 0.471. The van der Waals surface area contributed by atoms with Crippen LogP contribution in [-0.2, 0) is 0 Å². The smallest absolute Gasteiger partial charge is 0.166 e. The van der Waals surface area contributed by atoms with Crippen LogP contribution in [0.5, 0.6) is 0 Å². The molecule has 1 saturated carbocycles. The highest BCUT2D eigenvalue weighted by molar-refractivity contribution is 9.10. The van der Waals surface area contributed by atoms with Gasteiger partial charge in [0.15, 0.2) is 11.6 Å². The quantitative estimate of drug-likeness (QED) is 0.860. The Labute approximate surface area is 148 Å². The maximum absolute atomic E-state index is 14.0. The van der Waals surface area contributed by atoms with Crippen LogP contribution in [0.25, 0.3) is 0 Å². The van der Waals surface area contributed by atoms with Crippen LogP contribution in [0.1, 0.15) is 37.4 Å². The first-order chi connectivity index (χ1) is 11.7. The summed E-state index contributed by atoms with van der Waals surface area (Å²) < 4.78 is 14.7.